The second kappa shape index (κ2) is 5.77. The highest BCUT2D eigenvalue weighted by molar-refractivity contribution is 5.50. The summed E-state index contributed by atoms with van der Waals surface area (Å²) >= 11 is 0. The molecule has 0 saturated carbocycles. The molecular weight excluding hydrogens is 230 g/mol. The number of rotatable bonds is 6. The molecule has 0 radical (unpaired) electrons. The van der Waals surface area contributed by atoms with Gasteiger partial charge in [0.2, 0.25) is 0 Å². The Bertz CT molecular complexity index is 502. The van der Waals surface area contributed by atoms with Gasteiger partial charge in [0.1, 0.15) is 12.0 Å². The predicted molar refractivity (Wildman–Crippen MR) is 68.2 cm³/mol. The van der Waals surface area contributed by atoms with E-state index in [1.54, 1.807) is 13.4 Å². The zero-order valence-corrected chi connectivity index (χ0v) is 11.1. The van der Waals surface area contributed by atoms with E-state index < -0.39 is 0 Å². The Morgan fingerprint density at radius 3 is 2.83 bits per heavy atom. The van der Waals surface area contributed by atoms with Gasteiger partial charge in [0.05, 0.1) is 12.3 Å². The summed E-state index contributed by atoms with van der Waals surface area (Å²) in [5, 5.41) is 12.7. The Morgan fingerprint density at radius 2 is 2.17 bits per heavy atom. The van der Waals surface area contributed by atoms with Crippen molar-refractivity contribution in [3.8, 4) is 11.5 Å². The standard InChI is InChI=1S/C12H19N5O/c1-4-10-8-11(17(5-2)15-10)12-14-13-9-16(12)6-7-18-3/h8-9H,4-7H2,1-3H3. The predicted octanol–water partition coefficient (Wildman–Crippen LogP) is 1.37. The summed E-state index contributed by atoms with van der Waals surface area (Å²) in [7, 11) is 1.69. The van der Waals surface area contributed by atoms with Crippen LogP contribution in [0.1, 0.15) is 19.5 Å². The lowest BCUT2D eigenvalue weighted by Gasteiger charge is -2.06. The van der Waals surface area contributed by atoms with Crippen LogP contribution in [-0.4, -0.2) is 38.3 Å². The van der Waals surface area contributed by atoms with E-state index in [2.05, 4.69) is 35.2 Å². The Labute approximate surface area is 107 Å². The van der Waals surface area contributed by atoms with Crippen molar-refractivity contribution in [1.29, 1.82) is 0 Å². The van der Waals surface area contributed by atoms with Crippen LogP contribution in [0.3, 0.4) is 0 Å². The number of aromatic nitrogens is 5. The monoisotopic (exact) mass is 249 g/mol. The summed E-state index contributed by atoms with van der Waals surface area (Å²) in [4.78, 5) is 0. The molecule has 0 saturated heterocycles. The van der Waals surface area contributed by atoms with E-state index >= 15 is 0 Å². The van der Waals surface area contributed by atoms with E-state index in [0.717, 1.165) is 36.7 Å². The van der Waals surface area contributed by atoms with Gasteiger partial charge in [0.15, 0.2) is 5.82 Å². The van der Waals surface area contributed by atoms with Crippen molar-refractivity contribution in [1.82, 2.24) is 24.5 Å². The first kappa shape index (κ1) is 12.8. The molecule has 0 amide bonds. The zero-order valence-electron chi connectivity index (χ0n) is 11.1. The summed E-state index contributed by atoms with van der Waals surface area (Å²) in [6.45, 7) is 6.39. The number of methoxy groups -OCH3 is 1. The fourth-order valence-corrected chi connectivity index (χ4v) is 1.87. The van der Waals surface area contributed by atoms with Gasteiger partial charge in [0, 0.05) is 20.2 Å². The first-order valence-electron chi connectivity index (χ1n) is 6.24. The molecular formula is C12H19N5O. The van der Waals surface area contributed by atoms with E-state index in [0.29, 0.717) is 6.61 Å². The van der Waals surface area contributed by atoms with Crippen molar-refractivity contribution in [2.24, 2.45) is 0 Å². The average molecular weight is 249 g/mol. The molecule has 0 aromatic carbocycles. The lowest BCUT2D eigenvalue weighted by atomic mass is 10.3. The van der Waals surface area contributed by atoms with E-state index in [-0.39, 0.29) is 0 Å². The molecule has 2 aromatic rings. The third kappa shape index (κ3) is 2.43. The van der Waals surface area contributed by atoms with Crippen molar-refractivity contribution < 1.29 is 4.74 Å². The molecule has 0 aliphatic heterocycles. The van der Waals surface area contributed by atoms with E-state index in [1.165, 1.54) is 0 Å². The molecule has 6 nitrogen and oxygen atoms in total. The normalized spacial score (nSPS) is 11.1. The quantitative estimate of drug-likeness (QED) is 0.776. The highest BCUT2D eigenvalue weighted by atomic mass is 16.5. The summed E-state index contributed by atoms with van der Waals surface area (Å²) < 4.78 is 9.05. The molecule has 0 aliphatic carbocycles. The molecule has 0 spiro atoms. The molecule has 0 atom stereocenters. The minimum atomic E-state index is 0.645. The molecule has 0 fully saturated rings. The lowest BCUT2D eigenvalue weighted by molar-refractivity contribution is 0.187. The lowest BCUT2D eigenvalue weighted by Crippen LogP contribution is -2.08. The second-order valence-electron chi connectivity index (χ2n) is 4.03. The minimum Gasteiger partial charge on any atom is -0.383 e. The topological polar surface area (TPSA) is 57.8 Å². The van der Waals surface area contributed by atoms with Gasteiger partial charge >= 0.3 is 0 Å². The fraction of sp³-hybridized carbons (Fsp3) is 0.583. The Kier molecular flexibility index (Phi) is 4.09. The SMILES string of the molecule is CCc1cc(-c2nncn2CCOC)n(CC)n1. The van der Waals surface area contributed by atoms with E-state index in [1.807, 2.05) is 9.25 Å². The van der Waals surface area contributed by atoms with Gasteiger partial charge in [-0.1, -0.05) is 6.92 Å². The molecule has 2 heterocycles. The molecule has 18 heavy (non-hydrogen) atoms. The van der Waals surface area contributed by atoms with Crippen molar-refractivity contribution >= 4 is 0 Å². The largest absolute Gasteiger partial charge is 0.383 e. The minimum absolute atomic E-state index is 0.645. The highest BCUT2D eigenvalue weighted by Gasteiger charge is 2.14. The molecule has 2 rings (SSSR count). The molecule has 98 valence electrons. The van der Waals surface area contributed by atoms with Crippen LogP contribution in [0.2, 0.25) is 0 Å². The van der Waals surface area contributed by atoms with Crippen LogP contribution in [0.25, 0.3) is 11.5 Å². The second-order valence-corrected chi connectivity index (χ2v) is 4.03. The number of ether oxygens (including phenoxy) is 1. The first-order valence-corrected chi connectivity index (χ1v) is 6.24. The summed E-state index contributed by atoms with van der Waals surface area (Å²) in [5.41, 5.74) is 2.09. The van der Waals surface area contributed by atoms with Crippen LogP contribution in [-0.2, 0) is 24.2 Å². The Morgan fingerprint density at radius 1 is 1.33 bits per heavy atom. The summed E-state index contributed by atoms with van der Waals surface area (Å²) in [6.07, 6.45) is 2.65. The third-order valence-corrected chi connectivity index (χ3v) is 2.87. The smallest absolute Gasteiger partial charge is 0.182 e. The van der Waals surface area contributed by atoms with Crippen LogP contribution >= 0.6 is 0 Å². The van der Waals surface area contributed by atoms with Gasteiger partial charge < -0.3 is 9.30 Å². The van der Waals surface area contributed by atoms with Gasteiger partial charge in [-0.2, -0.15) is 5.10 Å². The molecule has 2 aromatic heterocycles. The maximum atomic E-state index is 5.09. The van der Waals surface area contributed by atoms with Crippen LogP contribution in [0.4, 0.5) is 0 Å². The number of nitrogens with zero attached hydrogens (tertiary/aromatic N) is 5. The van der Waals surface area contributed by atoms with Crippen LogP contribution in [0, 0.1) is 0 Å². The van der Waals surface area contributed by atoms with Gasteiger partial charge in [-0.05, 0) is 19.4 Å². The Balaban J connectivity index is 2.35. The average Bonchev–Trinajstić information content (AvgIpc) is 3.01. The Hall–Kier alpha value is -1.69. The van der Waals surface area contributed by atoms with Crippen molar-refractivity contribution in [3.05, 3.63) is 18.1 Å². The number of hydrogen-bond acceptors (Lipinski definition) is 4. The van der Waals surface area contributed by atoms with Gasteiger partial charge in [-0.15, -0.1) is 10.2 Å². The maximum Gasteiger partial charge on any atom is 0.182 e. The van der Waals surface area contributed by atoms with Crippen molar-refractivity contribution in [2.75, 3.05) is 13.7 Å². The first-order chi connectivity index (χ1) is 8.80. The number of hydrogen-bond donors (Lipinski definition) is 0. The van der Waals surface area contributed by atoms with Gasteiger partial charge in [-0.3, -0.25) is 4.68 Å². The van der Waals surface area contributed by atoms with E-state index in [4.69, 9.17) is 4.74 Å². The zero-order chi connectivity index (χ0) is 13.0. The van der Waals surface area contributed by atoms with Crippen LogP contribution in [0.15, 0.2) is 12.4 Å². The van der Waals surface area contributed by atoms with E-state index in [9.17, 15) is 0 Å². The third-order valence-electron chi connectivity index (χ3n) is 2.87. The number of aryl methyl sites for hydroxylation is 2. The van der Waals surface area contributed by atoms with Gasteiger partial charge in [0.25, 0.3) is 0 Å². The van der Waals surface area contributed by atoms with Crippen molar-refractivity contribution in [2.45, 2.75) is 33.4 Å². The molecule has 0 unspecified atom stereocenters. The maximum absolute atomic E-state index is 5.09. The van der Waals surface area contributed by atoms with Crippen LogP contribution < -0.4 is 0 Å². The van der Waals surface area contributed by atoms with Crippen LogP contribution in [0.5, 0.6) is 0 Å². The molecule has 0 aliphatic rings. The molecule has 6 heteroatoms. The highest BCUT2D eigenvalue weighted by Crippen LogP contribution is 2.18. The van der Waals surface area contributed by atoms with Crippen molar-refractivity contribution in [3.63, 3.8) is 0 Å². The fourth-order valence-electron chi connectivity index (χ4n) is 1.87. The summed E-state index contributed by atoms with van der Waals surface area (Å²) in [6, 6.07) is 2.08. The molecule has 0 bridgehead atoms. The summed E-state index contributed by atoms with van der Waals surface area (Å²) in [5.74, 6) is 0.848. The van der Waals surface area contributed by atoms with Gasteiger partial charge in [-0.25, -0.2) is 0 Å². The molecule has 0 N–H and O–H groups in total.